The molecule has 0 saturated carbocycles. The number of likely N-dealkylation sites (N-methyl/N-ethyl adjacent to an activating group) is 2. The molecule has 392 valence electrons. The summed E-state index contributed by atoms with van der Waals surface area (Å²) < 4.78 is 14.2. The summed E-state index contributed by atoms with van der Waals surface area (Å²) in [6, 6.07) is 13.1. The Morgan fingerprint density at radius 3 is 2.33 bits per heavy atom. The van der Waals surface area contributed by atoms with Crippen molar-refractivity contribution in [1.29, 1.82) is 0 Å². The van der Waals surface area contributed by atoms with E-state index < -0.39 is 65.5 Å². The van der Waals surface area contributed by atoms with E-state index in [2.05, 4.69) is 15.6 Å². The standard InChI is InChI=1S/C55H78N8O8S/c1-12-35(3)48-53(68)63-26-16-20-45(63)54(69)71-47(55(7,8)9)29-34(2)28-46(64)37(5)50-56-41(33-72-50)30-36(4)49(65)57-43(52(67)60(10)38(6)51(66)61(48)11)31-39-21-23-42(24-22-39)70-27-17-25-62-32-44(58-59-62)40-18-14-13-15-19-40/h13-15,18-19,21-24,30,32,34-35,37-38,41,43,45-48,64H,12,16-17,20,25-29,31,33H2,1-11H3,(H,57,65)/b36-30+/t34-,35-,37-,38-,41-,43-,45-,46-,47-,48-/m0/s1. The highest BCUT2D eigenvalue weighted by Gasteiger charge is 2.45. The van der Waals surface area contributed by atoms with Crippen molar-refractivity contribution in [3.8, 4) is 17.0 Å². The van der Waals surface area contributed by atoms with Gasteiger partial charge in [-0.2, -0.15) is 0 Å². The maximum atomic E-state index is 14.7. The zero-order valence-electron chi connectivity index (χ0n) is 44.2. The lowest BCUT2D eigenvalue weighted by molar-refractivity contribution is -0.166. The van der Waals surface area contributed by atoms with E-state index in [1.807, 2.05) is 109 Å². The number of aryl methyl sites for hydroxylation is 1. The first-order valence-electron chi connectivity index (χ1n) is 25.8. The van der Waals surface area contributed by atoms with Crippen molar-refractivity contribution >= 4 is 46.4 Å². The van der Waals surface area contributed by atoms with Gasteiger partial charge >= 0.3 is 5.97 Å². The lowest BCUT2D eigenvalue weighted by Crippen LogP contribution is -2.59. The van der Waals surface area contributed by atoms with Gasteiger partial charge in [-0.1, -0.05) is 109 Å². The van der Waals surface area contributed by atoms with Crippen LogP contribution in [0.15, 0.2) is 77.4 Å². The number of carbonyl (C=O) groups is 5. The maximum Gasteiger partial charge on any atom is 0.329 e. The molecule has 2 bridgehead atoms. The van der Waals surface area contributed by atoms with E-state index in [0.29, 0.717) is 75.3 Å². The van der Waals surface area contributed by atoms with Crippen molar-refractivity contribution in [3.63, 3.8) is 0 Å². The molecule has 4 heterocycles. The van der Waals surface area contributed by atoms with Crippen molar-refractivity contribution in [1.82, 2.24) is 35.0 Å². The minimum absolute atomic E-state index is 0.0166. The summed E-state index contributed by atoms with van der Waals surface area (Å²) in [4.78, 5) is 81.5. The van der Waals surface area contributed by atoms with Gasteiger partial charge in [-0.15, -0.1) is 16.9 Å². The fraction of sp³-hybridized carbons (Fsp3) is 0.600. The van der Waals surface area contributed by atoms with Gasteiger partial charge in [0.25, 0.3) is 0 Å². The highest BCUT2D eigenvalue weighted by atomic mass is 32.2. The predicted molar refractivity (Wildman–Crippen MR) is 281 cm³/mol. The molecule has 3 aliphatic heterocycles. The van der Waals surface area contributed by atoms with Gasteiger partial charge in [0.1, 0.15) is 41.7 Å². The van der Waals surface area contributed by atoms with Gasteiger partial charge in [-0.25, -0.2) is 4.79 Å². The predicted octanol–water partition coefficient (Wildman–Crippen LogP) is 7.00. The van der Waals surface area contributed by atoms with E-state index in [-0.39, 0.29) is 36.1 Å². The van der Waals surface area contributed by atoms with Crippen LogP contribution in [-0.4, -0.2) is 145 Å². The number of hydrogen-bond acceptors (Lipinski definition) is 12. The Morgan fingerprint density at radius 1 is 0.944 bits per heavy atom. The Labute approximate surface area is 430 Å². The fourth-order valence-electron chi connectivity index (χ4n) is 9.64. The molecule has 0 unspecified atom stereocenters. The lowest BCUT2D eigenvalue weighted by Gasteiger charge is -2.39. The van der Waals surface area contributed by atoms with Crippen molar-refractivity contribution in [2.75, 3.05) is 33.0 Å². The molecule has 2 aromatic carbocycles. The number of aromatic nitrogens is 3. The Morgan fingerprint density at radius 2 is 1.65 bits per heavy atom. The first kappa shape index (κ1) is 55.8. The van der Waals surface area contributed by atoms with Crippen LogP contribution in [0.5, 0.6) is 5.75 Å². The molecule has 1 fully saturated rings. The third-order valence-corrected chi connectivity index (χ3v) is 15.9. The first-order chi connectivity index (χ1) is 34.2. The number of hydrogen-bond donors (Lipinski definition) is 2. The van der Waals surface area contributed by atoms with E-state index >= 15 is 0 Å². The molecule has 1 aromatic heterocycles. The summed E-state index contributed by atoms with van der Waals surface area (Å²) in [6.07, 6.45) is 5.89. The second-order valence-electron chi connectivity index (χ2n) is 21.3. The summed E-state index contributed by atoms with van der Waals surface area (Å²) in [7, 11) is 3.11. The van der Waals surface area contributed by atoms with E-state index in [1.54, 1.807) is 48.3 Å². The SMILES string of the molecule is CC[C@H](C)[C@H]1C(=O)N2CCC[C@H]2C(=O)O[C@H](C(C)(C)C)C[C@@H](C)C[C@H](O)[C@H](C)C2=N[C@@H](/C=C(\C)C(=O)N[C@@H](Cc3ccc(OCCCn4cc(-c5ccccc5)nn4)cc3)C(=O)N(C)[C@@H](C)C(=O)N1C)CS2. The maximum absolute atomic E-state index is 14.7. The molecule has 4 amide bonds. The number of aliphatic hydroxyl groups excluding tert-OH is 1. The number of benzene rings is 2. The van der Waals surface area contributed by atoms with Gasteiger partial charge in [-0.3, -0.25) is 28.9 Å². The van der Waals surface area contributed by atoms with E-state index in [9.17, 15) is 29.1 Å². The van der Waals surface area contributed by atoms with Gasteiger partial charge in [0, 0.05) is 62.8 Å². The van der Waals surface area contributed by atoms with E-state index in [1.165, 1.54) is 16.8 Å². The number of nitrogens with one attached hydrogen (secondary N) is 1. The van der Waals surface area contributed by atoms with Crippen LogP contribution >= 0.6 is 11.8 Å². The highest BCUT2D eigenvalue weighted by Crippen LogP contribution is 2.34. The molecule has 3 aliphatic rings. The minimum atomic E-state index is -1.08. The normalized spacial score (nSPS) is 28.0. The quantitative estimate of drug-likeness (QED) is 0.157. The average Bonchev–Trinajstić information content (AvgIpc) is 4.16. The van der Waals surface area contributed by atoms with Crippen molar-refractivity contribution in [3.05, 3.63) is 78.0 Å². The van der Waals surface area contributed by atoms with E-state index in [0.717, 1.165) is 21.9 Å². The number of rotatable bonds is 10. The Bertz CT molecular complexity index is 2400. The number of aliphatic imine (C=N–C) groups is 1. The first-order valence-corrected chi connectivity index (χ1v) is 26.7. The Kier molecular flexibility index (Phi) is 19.3. The fourth-order valence-corrected chi connectivity index (χ4v) is 10.8. The summed E-state index contributed by atoms with van der Waals surface area (Å²) in [5.74, 6) is -1.54. The topological polar surface area (TPSA) is 189 Å². The van der Waals surface area contributed by atoms with Gasteiger partial charge in [-0.05, 0) is 74.5 Å². The number of carbonyl (C=O) groups excluding carboxylic acids is 5. The zero-order valence-corrected chi connectivity index (χ0v) is 45.1. The number of cyclic esters (lactones) is 1. The molecule has 0 radical (unpaired) electrons. The molecule has 0 spiro atoms. The van der Waals surface area contributed by atoms with Crippen LogP contribution in [0.2, 0.25) is 0 Å². The van der Waals surface area contributed by atoms with Crippen LogP contribution in [0.3, 0.4) is 0 Å². The largest absolute Gasteiger partial charge is 0.494 e. The van der Waals surface area contributed by atoms with Crippen molar-refractivity contribution < 1.29 is 38.6 Å². The average molecular weight is 1010 g/mol. The van der Waals surface area contributed by atoms with Crippen LogP contribution in [-0.2, 0) is 41.7 Å². The zero-order chi connectivity index (χ0) is 52.4. The van der Waals surface area contributed by atoms with Crippen LogP contribution in [0.25, 0.3) is 11.3 Å². The molecule has 17 heteroatoms. The second-order valence-corrected chi connectivity index (χ2v) is 22.4. The molecule has 1 saturated heterocycles. The number of amides is 4. The van der Waals surface area contributed by atoms with Gasteiger partial charge in [0.2, 0.25) is 23.6 Å². The summed E-state index contributed by atoms with van der Waals surface area (Å²) >= 11 is 1.55. The molecule has 16 nitrogen and oxygen atoms in total. The van der Waals surface area contributed by atoms with Crippen LogP contribution in [0.4, 0.5) is 0 Å². The summed E-state index contributed by atoms with van der Waals surface area (Å²) in [5.41, 5.74) is 2.51. The molecule has 3 aromatic rings. The van der Waals surface area contributed by atoms with E-state index in [4.69, 9.17) is 14.5 Å². The summed E-state index contributed by atoms with van der Waals surface area (Å²) in [6.45, 7) is 18.7. The number of aliphatic hydroxyl groups is 1. The van der Waals surface area contributed by atoms with Crippen molar-refractivity contribution in [2.45, 2.75) is 156 Å². The molecular formula is C55H78N8O8S. The summed E-state index contributed by atoms with van der Waals surface area (Å²) in [5, 5.41) is 23.8. The van der Waals surface area contributed by atoms with Crippen molar-refractivity contribution in [2.24, 2.45) is 28.2 Å². The second kappa shape index (κ2) is 24.9. The molecule has 10 atom stereocenters. The molecular weight excluding hydrogens is 933 g/mol. The number of ether oxygens (including phenoxy) is 2. The molecule has 0 aliphatic carbocycles. The molecule has 6 rings (SSSR count). The molecule has 72 heavy (non-hydrogen) atoms. The smallest absolute Gasteiger partial charge is 0.329 e. The van der Waals surface area contributed by atoms with Gasteiger partial charge < -0.3 is 34.6 Å². The third kappa shape index (κ3) is 14.1. The number of esters is 1. The molecule has 2 N–H and O–H groups in total. The lowest BCUT2D eigenvalue weighted by atomic mass is 9.81. The van der Waals surface area contributed by atoms with Gasteiger partial charge in [0.05, 0.1) is 30.0 Å². The third-order valence-electron chi connectivity index (χ3n) is 14.6. The van der Waals surface area contributed by atoms with Crippen LogP contribution in [0.1, 0.15) is 106 Å². The van der Waals surface area contributed by atoms with Crippen LogP contribution in [0, 0.1) is 23.2 Å². The highest BCUT2D eigenvalue weighted by molar-refractivity contribution is 8.14. The number of nitrogens with zero attached hydrogens (tertiary/aromatic N) is 7. The van der Waals surface area contributed by atoms with Crippen LogP contribution < -0.4 is 10.1 Å². The monoisotopic (exact) mass is 1010 g/mol. The van der Waals surface area contributed by atoms with Gasteiger partial charge in [0.15, 0.2) is 0 Å². The number of fused-ring (bicyclic) bond motifs is 2. The number of thioether (sulfide) groups is 1. The Hall–Kier alpha value is -5.55. The minimum Gasteiger partial charge on any atom is -0.494 e. The Balaban J connectivity index is 1.23.